The lowest BCUT2D eigenvalue weighted by Crippen LogP contribution is -2.52. The second-order valence-electron chi connectivity index (χ2n) is 8.65. The molecule has 3 rings (SSSR count). The maximum absolute atomic E-state index is 11.6. The zero-order valence-corrected chi connectivity index (χ0v) is 17.7. The second kappa shape index (κ2) is 9.55. The average Bonchev–Trinajstić information content (AvgIpc) is 2.96. The van der Waals surface area contributed by atoms with Gasteiger partial charge in [-0.05, 0) is 45.6 Å². The Morgan fingerprint density at radius 2 is 1.93 bits per heavy atom. The van der Waals surface area contributed by atoms with Gasteiger partial charge in [0, 0.05) is 12.8 Å². The van der Waals surface area contributed by atoms with Crippen molar-refractivity contribution in [3.05, 3.63) is 65.8 Å². The van der Waals surface area contributed by atoms with Crippen LogP contribution in [-0.2, 0) is 19.3 Å². The van der Waals surface area contributed by atoms with Crippen LogP contribution in [0.3, 0.4) is 0 Å². The van der Waals surface area contributed by atoms with Crippen LogP contribution in [0, 0.1) is 0 Å². The maximum Gasteiger partial charge on any atom is 0.309 e. The molecule has 1 aromatic carbocycles. The van der Waals surface area contributed by atoms with E-state index in [1.807, 2.05) is 19.9 Å². The van der Waals surface area contributed by atoms with E-state index in [2.05, 4.69) is 61.6 Å². The van der Waals surface area contributed by atoms with Crippen molar-refractivity contribution in [2.75, 3.05) is 0 Å². The molecule has 4 nitrogen and oxygen atoms in total. The number of hydrogen-bond donors (Lipinski definition) is 0. The third-order valence-electron chi connectivity index (χ3n) is 5.49. The molecule has 0 aromatic heterocycles. The number of rotatable bonds is 8. The fraction of sp³-hybridized carbons (Fsp3) is 0.480. The summed E-state index contributed by atoms with van der Waals surface area (Å²) in [5.41, 5.74) is 1.37. The molecule has 2 heterocycles. The first-order valence-electron chi connectivity index (χ1n) is 10.5. The first-order valence-corrected chi connectivity index (χ1v) is 10.5. The highest BCUT2D eigenvalue weighted by Gasteiger charge is 2.55. The van der Waals surface area contributed by atoms with Crippen LogP contribution >= 0.6 is 0 Å². The molecule has 3 atom stereocenters. The zero-order valence-electron chi connectivity index (χ0n) is 17.7. The normalized spacial score (nSPS) is 30.1. The Hall–Kier alpha value is -2.17. The molecule has 0 amide bonds. The topological polar surface area (TPSA) is 44.8 Å². The van der Waals surface area contributed by atoms with Gasteiger partial charge in [0.05, 0.1) is 6.42 Å². The number of benzene rings is 1. The van der Waals surface area contributed by atoms with Crippen LogP contribution in [0.5, 0.6) is 0 Å². The summed E-state index contributed by atoms with van der Waals surface area (Å²) in [6.45, 7) is 6.05. The molecule has 29 heavy (non-hydrogen) atoms. The molecule has 2 aliphatic heterocycles. The molecule has 0 bridgehead atoms. The largest absolute Gasteiger partial charge is 0.456 e. The van der Waals surface area contributed by atoms with Gasteiger partial charge in [0.2, 0.25) is 0 Å². The molecule has 0 saturated carbocycles. The van der Waals surface area contributed by atoms with E-state index < -0.39 is 11.2 Å². The first-order chi connectivity index (χ1) is 13.9. The Labute approximate surface area is 174 Å². The minimum atomic E-state index is -0.590. The van der Waals surface area contributed by atoms with Crippen molar-refractivity contribution in [1.29, 1.82) is 0 Å². The SMILES string of the molecule is CC(=CC=CCCCC=Cc1ccccc1)CC1(C)CC2(C)OC(=O)CC2OO1. The van der Waals surface area contributed by atoms with Crippen molar-refractivity contribution in [3.63, 3.8) is 0 Å². The van der Waals surface area contributed by atoms with E-state index in [9.17, 15) is 4.79 Å². The quantitative estimate of drug-likeness (QED) is 0.236. The van der Waals surface area contributed by atoms with Gasteiger partial charge in [-0.1, -0.05) is 66.3 Å². The Morgan fingerprint density at radius 3 is 2.72 bits per heavy atom. The number of carbonyl (C=O) groups excluding carboxylic acids is 1. The van der Waals surface area contributed by atoms with Crippen LogP contribution in [-0.4, -0.2) is 23.3 Å². The van der Waals surface area contributed by atoms with Gasteiger partial charge in [0.15, 0.2) is 0 Å². The third kappa shape index (κ3) is 6.15. The van der Waals surface area contributed by atoms with Crippen LogP contribution in [0.25, 0.3) is 6.08 Å². The summed E-state index contributed by atoms with van der Waals surface area (Å²) in [6, 6.07) is 10.4. The average molecular weight is 397 g/mol. The summed E-state index contributed by atoms with van der Waals surface area (Å²) in [5.74, 6) is -0.209. The Balaban J connectivity index is 1.39. The summed E-state index contributed by atoms with van der Waals surface area (Å²) in [5, 5.41) is 0. The molecule has 3 unspecified atom stereocenters. The number of ether oxygens (including phenoxy) is 1. The Morgan fingerprint density at radius 1 is 1.17 bits per heavy atom. The van der Waals surface area contributed by atoms with Gasteiger partial charge < -0.3 is 4.74 Å². The molecule has 0 radical (unpaired) electrons. The standard InChI is InChI=1S/C25H32O4/c1-20(13-9-6-4-5-7-10-14-21-15-11-8-12-16-21)18-24(2)19-25(3)22(28-29-24)17-23(26)27-25/h6,8-16,22H,4-5,7,17-19H2,1-3H3. The molecule has 4 heteroatoms. The van der Waals surface area contributed by atoms with E-state index in [0.29, 0.717) is 6.42 Å². The number of hydrogen-bond acceptors (Lipinski definition) is 4. The molecule has 2 saturated heterocycles. The second-order valence-corrected chi connectivity index (χ2v) is 8.65. The fourth-order valence-corrected chi connectivity index (χ4v) is 4.17. The highest BCUT2D eigenvalue weighted by atomic mass is 17.2. The van der Waals surface area contributed by atoms with Crippen molar-refractivity contribution in [1.82, 2.24) is 0 Å². The first kappa shape index (κ1) is 21.5. The molecule has 1 aromatic rings. The minimum Gasteiger partial charge on any atom is -0.456 e. The molecule has 2 fully saturated rings. The van der Waals surface area contributed by atoms with Crippen LogP contribution < -0.4 is 0 Å². The van der Waals surface area contributed by atoms with E-state index in [0.717, 1.165) is 25.7 Å². The molecule has 0 spiro atoms. The van der Waals surface area contributed by atoms with Crippen molar-refractivity contribution in [3.8, 4) is 0 Å². The maximum atomic E-state index is 11.6. The highest BCUT2D eigenvalue weighted by molar-refractivity contribution is 5.73. The summed E-state index contributed by atoms with van der Waals surface area (Å²) >= 11 is 0. The van der Waals surface area contributed by atoms with Crippen LogP contribution in [0.1, 0.15) is 64.9 Å². The fourth-order valence-electron chi connectivity index (χ4n) is 4.17. The van der Waals surface area contributed by atoms with Crippen LogP contribution in [0.15, 0.2) is 60.2 Å². The molecule has 2 aliphatic rings. The van der Waals surface area contributed by atoms with Gasteiger partial charge in [-0.3, -0.25) is 4.79 Å². The van der Waals surface area contributed by atoms with Gasteiger partial charge in [-0.2, -0.15) is 0 Å². The number of esters is 1. The summed E-state index contributed by atoms with van der Waals surface area (Å²) in [6.07, 6.45) is 15.4. The number of allylic oxidation sites excluding steroid dienone is 4. The zero-order chi connectivity index (χ0) is 20.7. The smallest absolute Gasteiger partial charge is 0.309 e. The number of carbonyl (C=O) groups is 1. The summed E-state index contributed by atoms with van der Waals surface area (Å²) in [4.78, 5) is 22.8. The van der Waals surface area contributed by atoms with Gasteiger partial charge in [0.1, 0.15) is 17.3 Å². The molecular weight excluding hydrogens is 364 g/mol. The molecule has 0 aliphatic carbocycles. The molecule has 0 N–H and O–H groups in total. The Bertz CT molecular complexity index is 779. The lowest BCUT2D eigenvalue weighted by Gasteiger charge is -2.43. The molecular formula is C25H32O4. The van der Waals surface area contributed by atoms with Crippen molar-refractivity contribution in [2.24, 2.45) is 0 Å². The van der Waals surface area contributed by atoms with Gasteiger partial charge in [-0.15, -0.1) is 0 Å². The van der Waals surface area contributed by atoms with E-state index in [4.69, 9.17) is 14.5 Å². The van der Waals surface area contributed by atoms with E-state index in [-0.39, 0.29) is 18.5 Å². The van der Waals surface area contributed by atoms with Crippen LogP contribution in [0.4, 0.5) is 0 Å². The summed E-state index contributed by atoms with van der Waals surface area (Å²) in [7, 11) is 0. The number of unbranched alkanes of at least 4 members (excludes halogenated alkanes) is 2. The van der Waals surface area contributed by atoms with Crippen molar-refractivity contribution in [2.45, 2.75) is 76.6 Å². The Kier molecular flexibility index (Phi) is 7.09. The highest BCUT2D eigenvalue weighted by Crippen LogP contribution is 2.44. The minimum absolute atomic E-state index is 0.209. The van der Waals surface area contributed by atoms with Gasteiger partial charge >= 0.3 is 5.97 Å². The van der Waals surface area contributed by atoms with E-state index in [1.54, 1.807) is 0 Å². The van der Waals surface area contributed by atoms with Gasteiger partial charge in [-0.25, -0.2) is 9.78 Å². The lowest BCUT2D eigenvalue weighted by molar-refractivity contribution is -0.426. The molecule has 156 valence electrons. The predicted molar refractivity (Wildman–Crippen MR) is 115 cm³/mol. The van der Waals surface area contributed by atoms with Crippen molar-refractivity contribution >= 4 is 12.0 Å². The van der Waals surface area contributed by atoms with Crippen LogP contribution in [0.2, 0.25) is 0 Å². The third-order valence-corrected chi connectivity index (χ3v) is 5.49. The lowest BCUT2D eigenvalue weighted by atomic mass is 9.81. The van der Waals surface area contributed by atoms with Crippen molar-refractivity contribution < 1.29 is 19.3 Å². The van der Waals surface area contributed by atoms with Gasteiger partial charge in [0.25, 0.3) is 0 Å². The van der Waals surface area contributed by atoms with E-state index >= 15 is 0 Å². The summed E-state index contributed by atoms with van der Waals surface area (Å²) < 4.78 is 5.52. The van der Waals surface area contributed by atoms with E-state index in [1.165, 1.54) is 11.1 Å². The number of fused-ring (bicyclic) bond motifs is 1. The monoisotopic (exact) mass is 396 g/mol. The predicted octanol–water partition coefficient (Wildman–Crippen LogP) is 5.95.